The largest absolute Gasteiger partial charge is 0.546 e. The second kappa shape index (κ2) is 7.60. The molecule has 0 aliphatic heterocycles. The van der Waals surface area contributed by atoms with Crippen LogP contribution in [0.4, 0.5) is 0 Å². The number of para-hydroxylation sites is 2. The lowest BCUT2D eigenvalue weighted by Crippen LogP contribution is -2.29. The van der Waals surface area contributed by atoms with E-state index in [2.05, 4.69) is 10.5 Å². The van der Waals surface area contributed by atoms with E-state index in [-0.39, 0.29) is 17.1 Å². The van der Waals surface area contributed by atoms with E-state index in [1.54, 1.807) is 36.4 Å². The van der Waals surface area contributed by atoms with Crippen LogP contribution >= 0.6 is 0 Å². The predicted octanol–water partition coefficient (Wildman–Crippen LogP) is 0.285. The molecule has 2 aromatic carbocycles. The number of ether oxygens (including phenoxy) is 1. The monoisotopic (exact) mass is 313 g/mol. The van der Waals surface area contributed by atoms with Crippen molar-refractivity contribution < 1.29 is 24.5 Å². The predicted molar refractivity (Wildman–Crippen MR) is 80.1 cm³/mol. The standard InChI is InChI=1S/C16H14N2O5/c19-13-7-3-2-6-12(13)16(22)18-17-9-11-5-1-4-8-14(11)23-10-15(20)21/h1-9,19H,10H2,(H,18,22)(H,20,21)/p-1/b17-9-. The Labute approximate surface area is 131 Å². The Morgan fingerprint density at radius 3 is 2.61 bits per heavy atom. The maximum atomic E-state index is 11.9. The Balaban J connectivity index is 2.05. The molecule has 2 rings (SSSR count). The van der Waals surface area contributed by atoms with Crippen LogP contribution in [0.5, 0.6) is 11.5 Å². The molecule has 2 N–H and O–H groups in total. The Morgan fingerprint density at radius 2 is 1.87 bits per heavy atom. The fourth-order valence-corrected chi connectivity index (χ4v) is 1.74. The average Bonchev–Trinajstić information content (AvgIpc) is 2.54. The van der Waals surface area contributed by atoms with Crippen molar-refractivity contribution in [3.63, 3.8) is 0 Å². The van der Waals surface area contributed by atoms with E-state index in [1.165, 1.54) is 18.3 Å². The quantitative estimate of drug-likeness (QED) is 0.588. The maximum absolute atomic E-state index is 11.9. The molecule has 1 amide bonds. The maximum Gasteiger partial charge on any atom is 0.275 e. The highest BCUT2D eigenvalue weighted by atomic mass is 16.5. The molecule has 0 aromatic heterocycles. The molecule has 7 heteroatoms. The van der Waals surface area contributed by atoms with Gasteiger partial charge in [-0.1, -0.05) is 24.3 Å². The smallest absolute Gasteiger partial charge is 0.275 e. The number of phenols is 1. The lowest BCUT2D eigenvalue weighted by molar-refractivity contribution is -0.307. The van der Waals surface area contributed by atoms with Crippen LogP contribution in [0, 0.1) is 0 Å². The summed E-state index contributed by atoms with van der Waals surface area (Å²) in [4.78, 5) is 22.3. The summed E-state index contributed by atoms with van der Waals surface area (Å²) in [5.41, 5.74) is 2.83. The molecule has 118 valence electrons. The summed E-state index contributed by atoms with van der Waals surface area (Å²) in [6, 6.07) is 12.6. The number of rotatable bonds is 6. The van der Waals surface area contributed by atoms with Crippen LogP contribution in [0.15, 0.2) is 53.6 Å². The van der Waals surface area contributed by atoms with Crippen molar-refractivity contribution in [3.8, 4) is 11.5 Å². The number of phenolic OH excluding ortho intramolecular Hbond substituents is 1. The first kappa shape index (κ1) is 16.0. The highest BCUT2D eigenvalue weighted by Gasteiger charge is 2.08. The molecular formula is C16H13N2O5-. The van der Waals surface area contributed by atoms with E-state index < -0.39 is 18.5 Å². The summed E-state index contributed by atoms with van der Waals surface area (Å²) >= 11 is 0. The van der Waals surface area contributed by atoms with Gasteiger partial charge in [-0.2, -0.15) is 5.10 Å². The molecule has 0 heterocycles. The Hall–Kier alpha value is -3.35. The number of aliphatic carboxylic acids is 1. The van der Waals surface area contributed by atoms with Crippen LogP contribution in [0.25, 0.3) is 0 Å². The SMILES string of the molecule is O=C([O-])COc1ccccc1/C=N\NC(=O)c1ccccc1O. The number of carbonyl (C=O) groups is 2. The average molecular weight is 313 g/mol. The number of benzene rings is 2. The zero-order chi connectivity index (χ0) is 16.7. The molecule has 0 aliphatic rings. The topological polar surface area (TPSA) is 111 Å². The molecule has 2 aromatic rings. The third-order valence-electron chi connectivity index (χ3n) is 2.78. The van der Waals surface area contributed by atoms with Crippen molar-refractivity contribution in [2.24, 2.45) is 5.10 Å². The molecule has 0 unspecified atom stereocenters. The van der Waals surface area contributed by atoms with Gasteiger partial charge in [0.05, 0.1) is 17.7 Å². The normalized spacial score (nSPS) is 10.4. The number of amides is 1. The summed E-state index contributed by atoms with van der Waals surface area (Å²) in [5, 5.41) is 23.8. The summed E-state index contributed by atoms with van der Waals surface area (Å²) in [6.07, 6.45) is 1.31. The molecule has 0 fully saturated rings. The van der Waals surface area contributed by atoms with Crippen LogP contribution < -0.4 is 15.3 Å². The van der Waals surface area contributed by atoms with Gasteiger partial charge in [-0.05, 0) is 24.3 Å². The first-order chi connectivity index (χ1) is 11.1. The number of nitrogens with zero attached hydrogens (tertiary/aromatic N) is 1. The van der Waals surface area contributed by atoms with Crippen LogP contribution in [0.1, 0.15) is 15.9 Å². The van der Waals surface area contributed by atoms with Crippen LogP contribution in [-0.4, -0.2) is 29.8 Å². The number of carboxylic acid groups (broad SMARTS) is 1. The molecule has 0 saturated carbocycles. The Morgan fingerprint density at radius 1 is 1.17 bits per heavy atom. The highest BCUT2D eigenvalue weighted by molar-refractivity contribution is 5.97. The molecule has 0 atom stereocenters. The van der Waals surface area contributed by atoms with Gasteiger partial charge < -0.3 is 19.7 Å². The molecule has 23 heavy (non-hydrogen) atoms. The number of aromatic hydroxyl groups is 1. The van der Waals surface area contributed by atoms with E-state index >= 15 is 0 Å². The third kappa shape index (κ3) is 4.57. The lowest BCUT2D eigenvalue weighted by Gasteiger charge is -2.09. The van der Waals surface area contributed by atoms with Crippen LogP contribution in [0.3, 0.4) is 0 Å². The van der Waals surface area contributed by atoms with Crippen molar-refractivity contribution >= 4 is 18.1 Å². The van der Waals surface area contributed by atoms with Gasteiger partial charge in [-0.3, -0.25) is 4.79 Å². The highest BCUT2D eigenvalue weighted by Crippen LogP contribution is 2.16. The summed E-state index contributed by atoms with van der Waals surface area (Å²) in [5.74, 6) is -1.78. The lowest BCUT2D eigenvalue weighted by atomic mass is 10.2. The number of hydrogen-bond acceptors (Lipinski definition) is 6. The fraction of sp³-hybridized carbons (Fsp3) is 0.0625. The number of carboxylic acids is 1. The van der Waals surface area contributed by atoms with E-state index in [1.807, 2.05) is 0 Å². The van der Waals surface area contributed by atoms with Crippen molar-refractivity contribution in [1.82, 2.24) is 5.43 Å². The van der Waals surface area contributed by atoms with E-state index in [0.717, 1.165) is 0 Å². The van der Waals surface area contributed by atoms with Gasteiger partial charge in [-0.25, -0.2) is 5.43 Å². The zero-order valence-electron chi connectivity index (χ0n) is 11.9. The number of hydrazone groups is 1. The number of nitrogens with one attached hydrogen (secondary N) is 1. The van der Waals surface area contributed by atoms with Gasteiger partial charge in [0.1, 0.15) is 18.1 Å². The van der Waals surface area contributed by atoms with Gasteiger partial charge in [0.15, 0.2) is 0 Å². The minimum atomic E-state index is -1.34. The third-order valence-corrected chi connectivity index (χ3v) is 2.78. The first-order valence-corrected chi connectivity index (χ1v) is 6.61. The van der Waals surface area contributed by atoms with Gasteiger partial charge in [-0.15, -0.1) is 0 Å². The molecule has 0 bridgehead atoms. The molecular weight excluding hydrogens is 300 g/mol. The molecule has 0 saturated heterocycles. The van der Waals surface area contributed by atoms with Crippen molar-refractivity contribution in [3.05, 3.63) is 59.7 Å². The number of carbonyl (C=O) groups excluding carboxylic acids is 2. The minimum Gasteiger partial charge on any atom is -0.546 e. The van der Waals surface area contributed by atoms with Crippen molar-refractivity contribution in [1.29, 1.82) is 0 Å². The van der Waals surface area contributed by atoms with E-state index in [0.29, 0.717) is 5.56 Å². The van der Waals surface area contributed by atoms with Gasteiger partial charge in [0.25, 0.3) is 5.91 Å². The fourth-order valence-electron chi connectivity index (χ4n) is 1.74. The van der Waals surface area contributed by atoms with Gasteiger partial charge >= 0.3 is 0 Å². The molecule has 7 nitrogen and oxygen atoms in total. The van der Waals surface area contributed by atoms with Crippen molar-refractivity contribution in [2.45, 2.75) is 0 Å². The Kier molecular flexibility index (Phi) is 5.30. The molecule has 0 spiro atoms. The molecule has 0 radical (unpaired) electrons. The van der Waals surface area contributed by atoms with Gasteiger partial charge in [0.2, 0.25) is 0 Å². The van der Waals surface area contributed by atoms with Crippen LogP contribution in [0.2, 0.25) is 0 Å². The molecule has 0 aliphatic carbocycles. The summed E-state index contributed by atoms with van der Waals surface area (Å²) in [7, 11) is 0. The van der Waals surface area contributed by atoms with E-state index in [9.17, 15) is 19.8 Å². The van der Waals surface area contributed by atoms with Crippen molar-refractivity contribution in [2.75, 3.05) is 6.61 Å². The van der Waals surface area contributed by atoms with Crippen LogP contribution in [-0.2, 0) is 4.79 Å². The minimum absolute atomic E-state index is 0.0890. The zero-order valence-corrected chi connectivity index (χ0v) is 11.9. The number of hydrogen-bond donors (Lipinski definition) is 2. The first-order valence-electron chi connectivity index (χ1n) is 6.61. The Bertz CT molecular complexity index is 743. The summed E-state index contributed by atoms with van der Waals surface area (Å²) in [6.45, 7) is -0.588. The van der Waals surface area contributed by atoms with Gasteiger partial charge in [0, 0.05) is 5.56 Å². The summed E-state index contributed by atoms with van der Waals surface area (Å²) < 4.78 is 5.05. The van der Waals surface area contributed by atoms with E-state index in [4.69, 9.17) is 4.74 Å². The second-order valence-electron chi connectivity index (χ2n) is 4.41. The second-order valence-corrected chi connectivity index (χ2v) is 4.41.